The Morgan fingerprint density at radius 1 is 1.30 bits per heavy atom. The number of nitrogens with one attached hydrogen (secondary N) is 1. The molecular weight excluding hydrogens is 376 g/mol. The maximum atomic E-state index is 12.3. The van der Waals surface area contributed by atoms with Crippen LogP contribution in [0.15, 0.2) is 40.2 Å². The molecule has 1 atom stereocenters. The zero-order valence-corrected chi connectivity index (χ0v) is 15.7. The number of halogens is 1. The number of benzene rings is 1. The number of nitrogens with zero attached hydrogens (tertiary/aromatic N) is 1. The van der Waals surface area contributed by atoms with Crippen molar-refractivity contribution < 1.29 is 9.59 Å². The van der Waals surface area contributed by atoms with Crippen molar-refractivity contribution in [3.8, 4) is 0 Å². The summed E-state index contributed by atoms with van der Waals surface area (Å²) in [7, 11) is 1.93. The maximum absolute atomic E-state index is 12.3. The van der Waals surface area contributed by atoms with Crippen molar-refractivity contribution >= 4 is 44.6 Å². The number of carbonyl (C=O) groups is 2. The number of anilines is 1. The lowest BCUT2D eigenvalue weighted by molar-refractivity contribution is -0.120. The van der Waals surface area contributed by atoms with Gasteiger partial charge in [0, 0.05) is 32.5 Å². The Kier molecular flexibility index (Phi) is 6.10. The van der Waals surface area contributed by atoms with Gasteiger partial charge in [-0.05, 0) is 67.2 Å². The number of thiophene rings is 1. The minimum Gasteiger partial charge on any atom is -0.325 e. The summed E-state index contributed by atoms with van der Waals surface area (Å²) in [5, 5.41) is 4.91. The van der Waals surface area contributed by atoms with Gasteiger partial charge in [-0.2, -0.15) is 0 Å². The summed E-state index contributed by atoms with van der Waals surface area (Å²) in [5.74, 6) is -0.0585. The molecule has 1 aromatic heterocycles. The van der Waals surface area contributed by atoms with Crippen LogP contribution in [0, 0.1) is 0 Å². The monoisotopic (exact) mass is 394 g/mol. The lowest BCUT2D eigenvalue weighted by atomic mass is 10.1. The van der Waals surface area contributed by atoms with E-state index in [0.717, 1.165) is 4.47 Å². The molecule has 0 saturated heterocycles. The maximum Gasteiger partial charge on any atom is 0.241 e. The van der Waals surface area contributed by atoms with E-state index in [4.69, 9.17) is 0 Å². The molecule has 2 aromatic rings. The van der Waals surface area contributed by atoms with Gasteiger partial charge in [-0.15, -0.1) is 11.3 Å². The quantitative estimate of drug-likeness (QED) is 0.747. The van der Waals surface area contributed by atoms with E-state index in [2.05, 4.69) is 27.3 Å². The van der Waals surface area contributed by atoms with Crippen molar-refractivity contribution in [3.05, 3.63) is 50.6 Å². The van der Waals surface area contributed by atoms with Crippen molar-refractivity contribution in [1.29, 1.82) is 0 Å². The highest BCUT2D eigenvalue weighted by molar-refractivity contribution is 9.10. The van der Waals surface area contributed by atoms with Gasteiger partial charge < -0.3 is 5.32 Å². The van der Waals surface area contributed by atoms with Gasteiger partial charge in [-0.3, -0.25) is 14.5 Å². The van der Waals surface area contributed by atoms with E-state index in [9.17, 15) is 9.59 Å². The minimum atomic E-state index is -0.261. The SMILES string of the molecule is CC(=O)c1ccc(NC(=O)C(C)N(C)Cc2cc(Br)cs2)cc1. The summed E-state index contributed by atoms with van der Waals surface area (Å²) in [6, 6.07) is 8.73. The molecule has 1 aromatic carbocycles. The molecule has 0 bridgehead atoms. The van der Waals surface area contributed by atoms with Gasteiger partial charge >= 0.3 is 0 Å². The molecule has 1 heterocycles. The highest BCUT2D eigenvalue weighted by Gasteiger charge is 2.18. The summed E-state index contributed by atoms with van der Waals surface area (Å²) >= 11 is 5.10. The highest BCUT2D eigenvalue weighted by atomic mass is 79.9. The third-order valence-corrected chi connectivity index (χ3v) is 5.31. The lowest BCUT2D eigenvalue weighted by Gasteiger charge is -2.23. The molecule has 0 fully saturated rings. The van der Waals surface area contributed by atoms with Crippen molar-refractivity contribution in [2.45, 2.75) is 26.4 Å². The molecule has 0 spiro atoms. The molecule has 4 nitrogen and oxygen atoms in total. The second-order valence-corrected chi connectivity index (χ2v) is 7.36. The molecule has 0 radical (unpaired) electrons. The predicted octanol–water partition coefficient (Wildman–Crippen LogP) is 4.17. The van der Waals surface area contributed by atoms with E-state index < -0.39 is 0 Å². The Labute approximate surface area is 148 Å². The summed E-state index contributed by atoms with van der Waals surface area (Å²) < 4.78 is 1.06. The van der Waals surface area contributed by atoms with Crippen LogP contribution >= 0.6 is 27.3 Å². The zero-order valence-electron chi connectivity index (χ0n) is 13.3. The first kappa shape index (κ1) is 17.8. The highest BCUT2D eigenvalue weighted by Crippen LogP contribution is 2.21. The fourth-order valence-electron chi connectivity index (χ4n) is 2.05. The average molecular weight is 395 g/mol. The second-order valence-electron chi connectivity index (χ2n) is 5.45. The van der Waals surface area contributed by atoms with Crippen molar-refractivity contribution in [2.24, 2.45) is 0 Å². The Morgan fingerprint density at radius 3 is 2.48 bits per heavy atom. The third kappa shape index (κ3) is 4.99. The number of hydrogen-bond acceptors (Lipinski definition) is 4. The molecule has 1 N–H and O–H groups in total. The molecule has 0 aliphatic carbocycles. The fourth-order valence-corrected chi connectivity index (χ4v) is 3.57. The number of likely N-dealkylation sites (N-methyl/N-ethyl adjacent to an activating group) is 1. The molecule has 0 saturated carbocycles. The molecule has 23 heavy (non-hydrogen) atoms. The molecule has 6 heteroatoms. The predicted molar refractivity (Wildman–Crippen MR) is 98.0 cm³/mol. The van der Waals surface area contributed by atoms with Crippen LogP contribution in [0.2, 0.25) is 0 Å². The van der Waals surface area contributed by atoms with Crippen LogP contribution in [0.1, 0.15) is 29.1 Å². The third-order valence-electron chi connectivity index (χ3n) is 3.63. The summed E-state index contributed by atoms with van der Waals surface area (Å²) in [5.41, 5.74) is 1.33. The van der Waals surface area contributed by atoms with Gasteiger partial charge in [0.1, 0.15) is 0 Å². The van der Waals surface area contributed by atoms with Crippen LogP contribution in [0.3, 0.4) is 0 Å². The zero-order chi connectivity index (χ0) is 17.0. The molecule has 2 rings (SSSR count). The van der Waals surface area contributed by atoms with Crippen molar-refractivity contribution in [2.75, 3.05) is 12.4 Å². The Balaban J connectivity index is 1.94. The summed E-state index contributed by atoms with van der Waals surface area (Å²) in [6.07, 6.45) is 0. The number of rotatable bonds is 6. The Bertz CT molecular complexity index is 697. The minimum absolute atomic E-state index is 0.0121. The molecule has 122 valence electrons. The normalized spacial score (nSPS) is 12.2. The van der Waals surface area contributed by atoms with E-state index in [0.29, 0.717) is 17.8 Å². The van der Waals surface area contributed by atoms with E-state index in [-0.39, 0.29) is 17.7 Å². The van der Waals surface area contributed by atoms with E-state index in [1.54, 1.807) is 35.6 Å². The summed E-state index contributed by atoms with van der Waals surface area (Å²) in [6.45, 7) is 4.11. The fraction of sp³-hybridized carbons (Fsp3) is 0.294. The first-order valence-electron chi connectivity index (χ1n) is 7.22. The smallest absolute Gasteiger partial charge is 0.241 e. The topological polar surface area (TPSA) is 49.4 Å². The average Bonchev–Trinajstić information content (AvgIpc) is 2.92. The first-order chi connectivity index (χ1) is 10.9. The van der Waals surface area contributed by atoms with Gasteiger partial charge in [0.05, 0.1) is 6.04 Å². The Hall–Kier alpha value is -1.50. The standard InChI is InChI=1S/C17H19BrN2O2S/c1-11(20(3)9-16-8-14(18)10-23-16)17(22)19-15-6-4-13(5-7-15)12(2)21/h4-8,10-11H,9H2,1-3H3,(H,19,22). The van der Waals surface area contributed by atoms with Gasteiger partial charge in [0.2, 0.25) is 5.91 Å². The van der Waals surface area contributed by atoms with Crippen LogP contribution in [0.4, 0.5) is 5.69 Å². The van der Waals surface area contributed by atoms with E-state index >= 15 is 0 Å². The number of carbonyl (C=O) groups excluding carboxylic acids is 2. The molecule has 1 amide bonds. The van der Waals surface area contributed by atoms with Gasteiger partial charge in [0.25, 0.3) is 0 Å². The lowest BCUT2D eigenvalue weighted by Crippen LogP contribution is -2.39. The number of ketones is 1. The molecular formula is C17H19BrN2O2S. The van der Waals surface area contributed by atoms with Crippen molar-refractivity contribution in [3.63, 3.8) is 0 Å². The number of hydrogen-bond donors (Lipinski definition) is 1. The van der Waals surface area contributed by atoms with E-state index in [1.807, 2.05) is 24.3 Å². The number of amides is 1. The molecule has 1 unspecified atom stereocenters. The van der Waals surface area contributed by atoms with Crippen molar-refractivity contribution in [1.82, 2.24) is 4.90 Å². The molecule has 0 aliphatic heterocycles. The Morgan fingerprint density at radius 2 is 1.96 bits per heavy atom. The number of Topliss-reactive ketones (excluding diaryl/α,β-unsaturated/α-hetero) is 1. The van der Waals surface area contributed by atoms with Gasteiger partial charge in [0.15, 0.2) is 5.78 Å². The van der Waals surface area contributed by atoms with Crippen LogP contribution in [-0.2, 0) is 11.3 Å². The van der Waals surface area contributed by atoms with Gasteiger partial charge in [-0.1, -0.05) is 0 Å². The van der Waals surface area contributed by atoms with Crippen LogP contribution in [0.5, 0.6) is 0 Å². The largest absolute Gasteiger partial charge is 0.325 e. The van der Waals surface area contributed by atoms with Gasteiger partial charge in [-0.25, -0.2) is 0 Å². The summed E-state index contributed by atoms with van der Waals surface area (Å²) in [4.78, 5) is 26.8. The second kappa shape index (κ2) is 7.86. The van der Waals surface area contributed by atoms with E-state index in [1.165, 1.54) is 11.8 Å². The van der Waals surface area contributed by atoms with Crippen LogP contribution in [0.25, 0.3) is 0 Å². The van der Waals surface area contributed by atoms with Crippen LogP contribution < -0.4 is 5.32 Å². The first-order valence-corrected chi connectivity index (χ1v) is 8.89. The molecule has 0 aliphatic rings. The van der Waals surface area contributed by atoms with Crippen LogP contribution in [-0.4, -0.2) is 29.7 Å².